The van der Waals surface area contributed by atoms with E-state index in [0.29, 0.717) is 5.69 Å². The number of carbonyl (C=O) groups excluding carboxylic acids is 1. The minimum absolute atomic E-state index is 0.0184. The Morgan fingerprint density at radius 1 is 1.13 bits per heavy atom. The third kappa shape index (κ3) is 4.25. The summed E-state index contributed by atoms with van der Waals surface area (Å²) in [6, 6.07) is 8.70. The Hall–Kier alpha value is -3.07. The number of aryl methyl sites for hydroxylation is 1. The van der Waals surface area contributed by atoms with Gasteiger partial charge in [0.25, 0.3) is 5.56 Å². The lowest BCUT2D eigenvalue weighted by molar-refractivity contribution is 0.1000. The molecule has 2 aromatic carbocycles. The van der Waals surface area contributed by atoms with E-state index in [2.05, 4.69) is 15.9 Å². The smallest absolute Gasteiger partial charge is 0.273 e. The van der Waals surface area contributed by atoms with Crippen LogP contribution in [-0.4, -0.2) is 10.5 Å². The molecule has 0 aliphatic carbocycles. The number of hydrogen-bond donors (Lipinski definition) is 1. The first-order chi connectivity index (χ1) is 14.2. The molecule has 0 unspecified atom stereocenters. The number of rotatable bonds is 6. The molecule has 0 saturated heterocycles. The molecule has 156 valence electrons. The maximum atomic E-state index is 13.8. The molecule has 5 nitrogen and oxygen atoms in total. The highest BCUT2D eigenvalue weighted by Gasteiger charge is 2.17. The normalized spacial score (nSPS) is 10.8. The molecule has 0 atom stereocenters. The van der Waals surface area contributed by atoms with Crippen molar-refractivity contribution in [3.05, 3.63) is 91.3 Å². The number of nitrogens with zero attached hydrogens (tertiary/aromatic N) is 1. The maximum Gasteiger partial charge on any atom is 0.273 e. The number of hydrogen-bond acceptors (Lipinski definition) is 3. The quantitative estimate of drug-likeness (QED) is 0.570. The number of ether oxygens (including phenoxy) is 1. The van der Waals surface area contributed by atoms with Crippen molar-refractivity contribution in [1.82, 2.24) is 4.57 Å². The van der Waals surface area contributed by atoms with Crippen LogP contribution in [0.5, 0.6) is 5.75 Å². The fourth-order valence-corrected chi connectivity index (χ4v) is 3.32. The van der Waals surface area contributed by atoms with E-state index in [1.54, 1.807) is 6.92 Å². The van der Waals surface area contributed by atoms with Crippen LogP contribution in [0.2, 0.25) is 0 Å². The number of amides is 1. The number of halogens is 4. The number of benzene rings is 2. The zero-order valence-electron chi connectivity index (χ0n) is 15.7. The average molecular weight is 481 g/mol. The number of carbonyl (C=O) groups is 1. The molecule has 1 aromatic heterocycles. The zero-order valence-corrected chi connectivity index (χ0v) is 17.3. The third-order valence-electron chi connectivity index (χ3n) is 4.45. The zero-order chi connectivity index (χ0) is 22.0. The van der Waals surface area contributed by atoms with Crippen LogP contribution in [0.4, 0.5) is 13.2 Å². The highest BCUT2D eigenvalue weighted by Crippen LogP contribution is 2.27. The van der Waals surface area contributed by atoms with E-state index in [-0.39, 0.29) is 39.2 Å². The van der Waals surface area contributed by atoms with Gasteiger partial charge in [-0.2, -0.15) is 0 Å². The molecule has 0 radical (unpaired) electrons. The number of pyridine rings is 1. The Morgan fingerprint density at radius 2 is 1.83 bits per heavy atom. The van der Waals surface area contributed by atoms with Crippen molar-refractivity contribution in [2.75, 3.05) is 0 Å². The first-order valence-electron chi connectivity index (χ1n) is 8.71. The molecule has 0 saturated carbocycles. The Balaban J connectivity index is 2.02. The molecular formula is C21H16BrF3N2O3. The Labute approximate surface area is 178 Å². The van der Waals surface area contributed by atoms with Crippen LogP contribution >= 0.6 is 15.9 Å². The fourth-order valence-electron chi connectivity index (χ4n) is 2.92. The lowest BCUT2D eigenvalue weighted by Crippen LogP contribution is -2.24. The second-order valence-electron chi connectivity index (χ2n) is 6.47. The summed E-state index contributed by atoms with van der Waals surface area (Å²) in [6.07, 6.45) is 0. The molecule has 9 heteroatoms. The van der Waals surface area contributed by atoms with Gasteiger partial charge in [0.05, 0.1) is 5.69 Å². The lowest BCUT2D eigenvalue weighted by Gasteiger charge is -2.17. The average Bonchev–Trinajstić information content (AvgIpc) is 2.70. The van der Waals surface area contributed by atoms with Crippen LogP contribution in [0.15, 0.2) is 51.7 Å². The summed E-state index contributed by atoms with van der Waals surface area (Å²) in [5, 5.41) is 0. The first-order valence-corrected chi connectivity index (χ1v) is 9.50. The van der Waals surface area contributed by atoms with E-state index in [1.807, 2.05) is 0 Å². The fraction of sp³-hybridized carbons (Fsp3) is 0.143. The highest BCUT2D eigenvalue weighted by atomic mass is 79.9. The molecule has 0 aliphatic heterocycles. The Kier molecular flexibility index (Phi) is 6.31. The maximum absolute atomic E-state index is 13.8. The second kappa shape index (κ2) is 8.74. The van der Waals surface area contributed by atoms with E-state index in [9.17, 15) is 22.8 Å². The minimum Gasteiger partial charge on any atom is -0.487 e. The van der Waals surface area contributed by atoms with Crippen molar-refractivity contribution in [1.29, 1.82) is 0 Å². The topological polar surface area (TPSA) is 74.3 Å². The van der Waals surface area contributed by atoms with Crippen LogP contribution in [0.25, 0.3) is 5.69 Å². The number of primary amides is 1. The van der Waals surface area contributed by atoms with Crippen molar-refractivity contribution in [3.8, 4) is 11.4 Å². The number of aromatic nitrogens is 1. The second-order valence-corrected chi connectivity index (χ2v) is 7.26. The van der Waals surface area contributed by atoms with Gasteiger partial charge >= 0.3 is 0 Å². The molecule has 0 spiro atoms. The molecule has 1 amide bonds. The van der Waals surface area contributed by atoms with Crippen molar-refractivity contribution in [2.45, 2.75) is 20.2 Å². The Bertz CT molecular complexity index is 1190. The van der Waals surface area contributed by atoms with Gasteiger partial charge in [0.2, 0.25) is 5.91 Å². The predicted molar refractivity (Wildman–Crippen MR) is 108 cm³/mol. The van der Waals surface area contributed by atoms with Crippen molar-refractivity contribution >= 4 is 21.8 Å². The van der Waals surface area contributed by atoms with E-state index < -0.39 is 29.8 Å². The van der Waals surface area contributed by atoms with Crippen molar-refractivity contribution in [2.24, 2.45) is 5.73 Å². The van der Waals surface area contributed by atoms with Gasteiger partial charge < -0.3 is 10.5 Å². The summed E-state index contributed by atoms with van der Waals surface area (Å²) in [7, 11) is 0. The van der Waals surface area contributed by atoms with E-state index in [1.165, 1.54) is 34.9 Å². The standard InChI is InChI=1S/C21H16BrF3N2O3/c1-11-6-18(30-10-14-4-5-15(24)8-16(14)25)19(22)21(29)27(11)17-7-12(20(26)28)2-3-13(17)9-23/h2-8H,9-10H2,1H3,(H2,26,28). The molecule has 30 heavy (non-hydrogen) atoms. The molecule has 3 rings (SSSR count). The van der Waals surface area contributed by atoms with E-state index >= 15 is 0 Å². The van der Waals surface area contributed by atoms with Gasteiger partial charge in [-0.15, -0.1) is 0 Å². The largest absolute Gasteiger partial charge is 0.487 e. The summed E-state index contributed by atoms with van der Waals surface area (Å²) >= 11 is 3.16. The van der Waals surface area contributed by atoms with Crippen LogP contribution in [0.1, 0.15) is 27.2 Å². The lowest BCUT2D eigenvalue weighted by atomic mass is 10.1. The summed E-state index contributed by atoms with van der Waals surface area (Å²) in [5.41, 5.74) is 5.71. The van der Waals surface area contributed by atoms with Gasteiger partial charge in [-0.1, -0.05) is 6.07 Å². The van der Waals surface area contributed by atoms with Gasteiger partial charge in [0, 0.05) is 34.5 Å². The van der Waals surface area contributed by atoms with Crippen LogP contribution < -0.4 is 16.0 Å². The van der Waals surface area contributed by atoms with Gasteiger partial charge in [-0.25, -0.2) is 13.2 Å². The van der Waals surface area contributed by atoms with Gasteiger partial charge in [0.15, 0.2) is 0 Å². The van der Waals surface area contributed by atoms with Crippen LogP contribution in [0.3, 0.4) is 0 Å². The van der Waals surface area contributed by atoms with Crippen LogP contribution in [-0.2, 0) is 13.3 Å². The number of nitrogens with two attached hydrogens (primary N) is 1. The molecule has 0 bridgehead atoms. The van der Waals surface area contributed by atoms with E-state index in [0.717, 1.165) is 12.1 Å². The summed E-state index contributed by atoms with van der Waals surface area (Å²) in [5.74, 6) is -2.07. The highest BCUT2D eigenvalue weighted by molar-refractivity contribution is 9.10. The molecule has 0 aliphatic rings. The van der Waals surface area contributed by atoms with Gasteiger partial charge in [-0.3, -0.25) is 14.2 Å². The number of alkyl halides is 1. The molecule has 2 N–H and O–H groups in total. The third-order valence-corrected chi connectivity index (χ3v) is 5.18. The van der Waals surface area contributed by atoms with E-state index in [4.69, 9.17) is 10.5 Å². The predicted octanol–water partition coefficient (Wildman–Crippen LogP) is 4.33. The molecule has 0 fully saturated rings. The SMILES string of the molecule is Cc1cc(OCc2ccc(F)cc2F)c(Br)c(=O)n1-c1cc(C(N)=O)ccc1CF. The minimum atomic E-state index is -0.861. The summed E-state index contributed by atoms with van der Waals surface area (Å²) < 4.78 is 47.1. The van der Waals surface area contributed by atoms with Crippen molar-refractivity contribution in [3.63, 3.8) is 0 Å². The first kappa shape index (κ1) is 21.6. The van der Waals surface area contributed by atoms with Gasteiger partial charge in [-0.05, 0) is 47.1 Å². The Morgan fingerprint density at radius 3 is 2.47 bits per heavy atom. The van der Waals surface area contributed by atoms with Crippen LogP contribution in [0, 0.1) is 18.6 Å². The summed E-state index contributed by atoms with van der Waals surface area (Å²) in [4.78, 5) is 24.5. The van der Waals surface area contributed by atoms with Gasteiger partial charge in [0.1, 0.15) is 35.1 Å². The molecule has 1 heterocycles. The molecule has 3 aromatic rings. The molecular weight excluding hydrogens is 465 g/mol. The summed E-state index contributed by atoms with van der Waals surface area (Å²) in [6.45, 7) is 0.499. The van der Waals surface area contributed by atoms with Crippen molar-refractivity contribution < 1.29 is 22.7 Å². The monoisotopic (exact) mass is 480 g/mol.